The number of hydrogen-bond donors (Lipinski definition) is 2. The van der Waals surface area contributed by atoms with Crippen LogP contribution in [0.5, 0.6) is 5.75 Å². The fourth-order valence-corrected chi connectivity index (χ4v) is 2.26. The number of aliphatic hydroxyl groups excluding tert-OH is 1. The molecule has 18 heavy (non-hydrogen) atoms. The van der Waals surface area contributed by atoms with Gasteiger partial charge in [0.25, 0.3) is 0 Å². The molecule has 0 aliphatic carbocycles. The Morgan fingerprint density at radius 1 is 1.28 bits per heavy atom. The third kappa shape index (κ3) is 4.67. The molecular formula is C15H25NO2. The van der Waals surface area contributed by atoms with Gasteiger partial charge in [0.15, 0.2) is 0 Å². The molecule has 1 unspecified atom stereocenters. The number of ether oxygens (including phenoxy) is 1. The van der Waals surface area contributed by atoms with Crippen LogP contribution in [0.2, 0.25) is 0 Å². The first-order chi connectivity index (χ1) is 8.62. The van der Waals surface area contributed by atoms with E-state index in [0.29, 0.717) is 19.1 Å². The maximum Gasteiger partial charge on any atom is 0.119 e. The minimum Gasteiger partial charge on any atom is -0.494 e. The van der Waals surface area contributed by atoms with Crippen molar-refractivity contribution in [3.8, 4) is 5.75 Å². The zero-order valence-corrected chi connectivity index (χ0v) is 11.4. The lowest BCUT2D eigenvalue weighted by Gasteiger charge is -2.32. The highest BCUT2D eigenvalue weighted by Gasteiger charge is 2.28. The van der Waals surface area contributed by atoms with Gasteiger partial charge in [-0.15, -0.1) is 0 Å². The number of rotatable bonds is 8. The van der Waals surface area contributed by atoms with Crippen molar-refractivity contribution in [1.29, 1.82) is 0 Å². The average Bonchev–Trinajstić information content (AvgIpc) is 2.38. The molecule has 0 saturated carbocycles. The van der Waals surface area contributed by atoms with E-state index in [0.717, 1.165) is 18.6 Å². The number of aliphatic hydroxyl groups is 1. The Kier molecular flexibility index (Phi) is 6.16. The summed E-state index contributed by atoms with van der Waals surface area (Å²) in [7, 11) is 0. The Morgan fingerprint density at radius 3 is 2.44 bits per heavy atom. The first kappa shape index (κ1) is 15.0. The Morgan fingerprint density at radius 2 is 1.94 bits per heavy atom. The second kappa shape index (κ2) is 7.39. The summed E-state index contributed by atoms with van der Waals surface area (Å²) in [6.07, 6.45) is 1.71. The summed E-state index contributed by atoms with van der Waals surface area (Å²) in [5.41, 5.74) is 5.63. The Bertz CT molecular complexity index is 321. The third-order valence-electron chi connectivity index (χ3n) is 3.25. The highest BCUT2D eigenvalue weighted by molar-refractivity contribution is 5.20. The van der Waals surface area contributed by atoms with Gasteiger partial charge in [0.05, 0.1) is 13.2 Å². The van der Waals surface area contributed by atoms with E-state index in [1.807, 2.05) is 30.3 Å². The summed E-state index contributed by atoms with van der Waals surface area (Å²) < 4.78 is 5.68. The SMILES string of the molecule is CC(C)CC(CN)(CO)CCOc1ccccc1. The molecule has 1 aromatic carbocycles. The summed E-state index contributed by atoms with van der Waals surface area (Å²) in [5.74, 6) is 1.39. The lowest BCUT2D eigenvalue weighted by atomic mass is 9.78. The van der Waals surface area contributed by atoms with Crippen LogP contribution in [0.1, 0.15) is 26.7 Å². The van der Waals surface area contributed by atoms with E-state index in [1.54, 1.807) is 0 Å². The molecule has 3 heteroatoms. The largest absolute Gasteiger partial charge is 0.494 e. The summed E-state index contributed by atoms with van der Waals surface area (Å²) in [4.78, 5) is 0. The van der Waals surface area contributed by atoms with E-state index in [1.165, 1.54) is 0 Å². The molecule has 1 atom stereocenters. The molecule has 0 radical (unpaired) electrons. The second-order valence-electron chi connectivity index (χ2n) is 5.37. The minimum absolute atomic E-state index is 0.125. The Labute approximate surface area is 110 Å². The van der Waals surface area contributed by atoms with Gasteiger partial charge in [-0.25, -0.2) is 0 Å². The highest BCUT2D eigenvalue weighted by atomic mass is 16.5. The predicted octanol–water partition coefficient (Wildman–Crippen LogP) is 2.44. The van der Waals surface area contributed by atoms with Gasteiger partial charge in [0, 0.05) is 12.0 Å². The zero-order valence-electron chi connectivity index (χ0n) is 11.4. The molecule has 3 nitrogen and oxygen atoms in total. The van der Waals surface area contributed by atoms with Crippen molar-refractivity contribution in [1.82, 2.24) is 0 Å². The van der Waals surface area contributed by atoms with Crippen LogP contribution in [0.15, 0.2) is 30.3 Å². The zero-order chi connectivity index (χ0) is 13.4. The lowest BCUT2D eigenvalue weighted by Crippen LogP contribution is -2.37. The van der Waals surface area contributed by atoms with Crippen LogP contribution in [0.4, 0.5) is 0 Å². The molecule has 0 heterocycles. The van der Waals surface area contributed by atoms with E-state index in [-0.39, 0.29) is 12.0 Å². The fourth-order valence-electron chi connectivity index (χ4n) is 2.26. The summed E-state index contributed by atoms with van der Waals surface area (Å²) >= 11 is 0. The third-order valence-corrected chi connectivity index (χ3v) is 3.25. The lowest BCUT2D eigenvalue weighted by molar-refractivity contribution is 0.0816. The van der Waals surface area contributed by atoms with Gasteiger partial charge in [0.2, 0.25) is 0 Å². The number of para-hydroxylation sites is 1. The number of nitrogens with two attached hydrogens (primary N) is 1. The Balaban J connectivity index is 2.47. The van der Waals surface area contributed by atoms with Crippen LogP contribution in [-0.2, 0) is 0 Å². The molecule has 1 rings (SSSR count). The van der Waals surface area contributed by atoms with Crippen molar-refractivity contribution in [3.05, 3.63) is 30.3 Å². The molecule has 0 fully saturated rings. The van der Waals surface area contributed by atoms with Crippen molar-refractivity contribution < 1.29 is 9.84 Å². The maximum atomic E-state index is 9.59. The van der Waals surface area contributed by atoms with Crippen LogP contribution in [0, 0.1) is 11.3 Å². The van der Waals surface area contributed by atoms with Crippen LogP contribution >= 0.6 is 0 Å². The van der Waals surface area contributed by atoms with Gasteiger partial charge in [-0.2, -0.15) is 0 Å². The molecule has 0 bridgehead atoms. The van der Waals surface area contributed by atoms with E-state index in [4.69, 9.17) is 10.5 Å². The van der Waals surface area contributed by atoms with Crippen LogP contribution in [0.3, 0.4) is 0 Å². The molecule has 0 saturated heterocycles. The van der Waals surface area contributed by atoms with Crippen LogP contribution in [0.25, 0.3) is 0 Å². The molecule has 0 aromatic heterocycles. The van der Waals surface area contributed by atoms with Crippen LogP contribution < -0.4 is 10.5 Å². The Hall–Kier alpha value is -1.06. The summed E-state index contributed by atoms with van der Waals surface area (Å²) in [6.45, 7) is 5.52. The van der Waals surface area contributed by atoms with Crippen molar-refractivity contribution in [3.63, 3.8) is 0 Å². The van der Waals surface area contributed by atoms with Crippen molar-refractivity contribution >= 4 is 0 Å². The highest BCUT2D eigenvalue weighted by Crippen LogP contribution is 2.29. The molecule has 3 N–H and O–H groups in total. The predicted molar refractivity (Wildman–Crippen MR) is 74.6 cm³/mol. The van der Waals surface area contributed by atoms with E-state index >= 15 is 0 Å². The monoisotopic (exact) mass is 251 g/mol. The van der Waals surface area contributed by atoms with Crippen molar-refractivity contribution in [2.24, 2.45) is 17.1 Å². The van der Waals surface area contributed by atoms with Gasteiger partial charge in [-0.05, 0) is 30.9 Å². The van der Waals surface area contributed by atoms with Crippen molar-refractivity contribution in [2.45, 2.75) is 26.7 Å². The van der Waals surface area contributed by atoms with E-state index in [2.05, 4.69) is 13.8 Å². The van der Waals surface area contributed by atoms with Crippen LogP contribution in [-0.4, -0.2) is 24.9 Å². The van der Waals surface area contributed by atoms with E-state index < -0.39 is 0 Å². The maximum absolute atomic E-state index is 9.59. The molecule has 1 aromatic rings. The second-order valence-corrected chi connectivity index (χ2v) is 5.37. The molecule has 0 amide bonds. The molecule has 0 spiro atoms. The topological polar surface area (TPSA) is 55.5 Å². The number of benzene rings is 1. The van der Waals surface area contributed by atoms with Gasteiger partial charge < -0.3 is 15.6 Å². The normalized spacial score (nSPS) is 14.5. The minimum atomic E-state index is -0.205. The number of hydrogen-bond acceptors (Lipinski definition) is 3. The van der Waals surface area contributed by atoms with Crippen molar-refractivity contribution in [2.75, 3.05) is 19.8 Å². The molecule has 0 aliphatic heterocycles. The quantitative estimate of drug-likeness (QED) is 0.746. The smallest absolute Gasteiger partial charge is 0.119 e. The first-order valence-corrected chi connectivity index (χ1v) is 6.61. The standard InChI is InChI=1S/C15H25NO2/c1-13(2)10-15(11-16,12-17)8-9-18-14-6-4-3-5-7-14/h3-7,13,17H,8-12,16H2,1-2H3. The molecule has 0 aliphatic rings. The average molecular weight is 251 g/mol. The summed E-state index contributed by atoms with van der Waals surface area (Å²) in [5, 5.41) is 9.59. The molecular weight excluding hydrogens is 226 g/mol. The summed E-state index contributed by atoms with van der Waals surface area (Å²) in [6, 6.07) is 9.73. The first-order valence-electron chi connectivity index (χ1n) is 6.61. The van der Waals surface area contributed by atoms with Gasteiger partial charge in [-0.1, -0.05) is 32.0 Å². The van der Waals surface area contributed by atoms with Gasteiger partial charge in [-0.3, -0.25) is 0 Å². The fraction of sp³-hybridized carbons (Fsp3) is 0.600. The van der Waals surface area contributed by atoms with E-state index in [9.17, 15) is 5.11 Å². The van der Waals surface area contributed by atoms with Gasteiger partial charge in [0.1, 0.15) is 5.75 Å². The van der Waals surface area contributed by atoms with Gasteiger partial charge >= 0.3 is 0 Å². The molecule has 102 valence electrons.